The zero-order valence-electron chi connectivity index (χ0n) is 11.0. The standard InChI is InChI=1S/C14H17F2N3/c1-10(2)11-3-5-12(6-4-11)18-9-13-17-7-8-19(13)14(15)16/h3-8,10,14,18H,9H2,1-2H3. The zero-order chi connectivity index (χ0) is 13.8. The topological polar surface area (TPSA) is 29.9 Å². The fraction of sp³-hybridized carbons (Fsp3) is 0.357. The summed E-state index contributed by atoms with van der Waals surface area (Å²) in [4.78, 5) is 3.92. The SMILES string of the molecule is CC(C)c1ccc(NCc2nccn2C(F)F)cc1. The number of hydrogen-bond acceptors (Lipinski definition) is 2. The molecule has 0 aliphatic carbocycles. The van der Waals surface area contributed by atoms with E-state index in [1.54, 1.807) is 0 Å². The molecular formula is C14H17F2N3. The highest BCUT2D eigenvalue weighted by molar-refractivity contribution is 5.45. The minimum atomic E-state index is -2.55. The van der Waals surface area contributed by atoms with Gasteiger partial charge in [0.15, 0.2) is 0 Å². The van der Waals surface area contributed by atoms with Gasteiger partial charge in [-0.2, -0.15) is 8.78 Å². The Hall–Kier alpha value is -1.91. The maximum atomic E-state index is 12.6. The molecule has 0 amide bonds. The molecule has 0 fully saturated rings. The summed E-state index contributed by atoms with van der Waals surface area (Å²) in [5.41, 5.74) is 2.15. The van der Waals surface area contributed by atoms with E-state index in [1.807, 2.05) is 24.3 Å². The van der Waals surface area contributed by atoms with Gasteiger partial charge in [0.1, 0.15) is 5.82 Å². The molecule has 0 saturated carbocycles. The van der Waals surface area contributed by atoms with Crippen LogP contribution in [-0.4, -0.2) is 9.55 Å². The fourth-order valence-corrected chi connectivity index (χ4v) is 1.83. The summed E-state index contributed by atoms with van der Waals surface area (Å²) >= 11 is 0. The Balaban J connectivity index is 2.00. The van der Waals surface area contributed by atoms with E-state index < -0.39 is 6.55 Å². The third kappa shape index (κ3) is 3.30. The van der Waals surface area contributed by atoms with Crippen LogP contribution in [0, 0.1) is 0 Å². The van der Waals surface area contributed by atoms with Crippen molar-refractivity contribution in [1.29, 1.82) is 0 Å². The van der Waals surface area contributed by atoms with E-state index in [0.717, 1.165) is 10.3 Å². The van der Waals surface area contributed by atoms with Crippen LogP contribution in [0.3, 0.4) is 0 Å². The molecule has 102 valence electrons. The van der Waals surface area contributed by atoms with E-state index >= 15 is 0 Å². The Labute approximate surface area is 111 Å². The fourth-order valence-electron chi connectivity index (χ4n) is 1.83. The van der Waals surface area contributed by atoms with Gasteiger partial charge in [-0.05, 0) is 23.6 Å². The minimum Gasteiger partial charge on any atom is -0.378 e. The average Bonchev–Trinajstić information content (AvgIpc) is 2.85. The number of alkyl halides is 2. The first kappa shape index (κ1) is 13.5. The van der Waals surface area contributed by atoms with Crippen LogP contribution in [0.15, 0.2) is 36.7 Å². The van der Waals surface area contributed by atoms with Gasteiger partial charge in [0, 0.05) is 18.1 Å². The average molecular weight is 265 g/mol. The molecule has 19 heavy (non-hydrogen) atoms. The van der Waals surface area contributed by atoms with Crippen molar-refractivity contribution < 1.29 is 8.78 Å². The van der Waals surface area contributed by atoms with E-state index in [2.05, 4.69) is 24.1 Å². The van der Waals surface area contributed by atoms with Gasteiger partial charge in [-0.3, -0.25) is 4.57 Å². The first-order valence-electron chi connectivity index (χ1n) is 6.21. The van der Waals surface area contributed by atoms with Crippen LogP contribution in [-0.2, 0) is 6.54 Å². The van der Waals surface area contributed by atoms with Crippen LogP contribution in [0.1, 0.15) is 37.7 Å². The number of halogens is 2. The molecule has 1 heterocycles. The van der Waals surface area contributed by atoms with Gasteiger partial charge < -0.3 is 5.32 Å². The molecular weight excluding hydrogens is 248 g/mol. The third-order valence-corrected chi connectivity index (χ3v) is 2.99. The molecule has 0 bridgehead atoms. The Kier molecular flexibility index (Phi) is 4.14. The summed E-state index contributed by atoms with van der Waals surface area (Å²) in [7, 11) is 0. The molecule has 1 N–H and O–H groups in total. The number of hydrogen-bond donors (Lipinski definition) is 1. The first-order chi connectivity index (χ1) is 9.08. The van der Waals surface area contributed by atoms with Crippen LogP contribution in [0.2, 0.25) is 0 Å². The van der Waals surface area contributed by atoms with Crippen LogP contribution < -0.4 is 5.32 Å². The second kappa shape index (κ2) is 5.82. The molecule has 0 radical (unpaired) electrons. The van der Waals surface area contributed by atoms with Gasteiger partial charge >= 0.3 is 6.55 Å². The number of nitrogens with one attached hydrogen (secondary N) is 1. The summed E-state index contributed by atoms with van der Waals surface area (Å²) in [6, 6.07) is 7.97. The Morgan fingerprint density at radius 1 is 1.21 bits per heavy atom. The summed E-state index contributed by atoms with van der Waals surface area (Å²) in [6.45, 7) is 1.98. The molecule has 0 aliphatic heterocycles. The van der Waals surface area contributed by atoms with Crippen molar-refractivity contribution in [3.63, 3.8) is 0 Å². The summed E-state index contributed by atoms with van der Waals surface area (Å²) in [5, 5.41) is 3.09. The maximum Gasteiger partial charge on any atom is 0.319 e. The Morgan fingerprint density at radius 2 is 1.89 bits per heavy atom. The molecule has 2 aromatic rings. The van der Waals surface area contributed by atoms with E-state index in [4.69, 9.17) is 0 Å². The van der Waals surface area contributed by atoms with Crippen molar-refractivity contribution in [2.24, 2.45) is 0 Å². The number of benzene rings is 1. The zero-order valence-corrected chi connectivity index (χ0v) is 11.0. The van der Waals surface area contributed by atoms with Crippen LogP contribution in [0.5, 0.6) is 0 Å². The summed E-state index contributed by atoms with van der Waals surface area (Å²) in [6.07, 6.45) is 2.66. The van der Waals surface area contributed by atoms with Gasteiger partial charge in [0.25, 0.3) is 0 Å². The molecule has 0 aliphatic rings. The predicted molar refractivity (Wildman–Crippen MR) is 71.3 cm³/mol. The Bertz CT molecular complexity index is 518. The van der Waals surface area contributed by atoms with Crippen molar-refractivity contribution in [3.8, 4) is 0 Å². The van der Waals surface area contributed by atoms with Gasteiger partial charge in [-0.1, -0.05) is 26.0 Å². The highest BCUT2D eigenvalue weighted by atomic mass is 19.3. The lowest BCUT2D eigenvalue weighted by Crippen LogP contribution is -2.09. The van der Waals surface area contributed by atoms with Gasteiger partial charge in [0.2, 0.25) is 0 Å². The Morgan fingerprint density at radius 3 is 2.47 bits per heavy atom. The van der Waals surface area contributed by atoms with E-state index in [0.29, 0.717) is 11.7 Å². The van der Waals surface area contributed by atoms with E-state index in [9.17, 15) is 8.78 Å². The lowest BCUT2D eigenvalue weighted by atomic mass is 10.0. The molecule has 5 heteroatoms. The van der Waals surface area contributed by atoms with Crippen LogP contribution in [0.25, 0.3) is 0 Å². The molecule has 0 atom stereocenters. The minimum absolute atomic E-state index is 0.276. The van der Waals surface area contributed by atoms with Crippen molar-refractivity contribution >= 4 is 5.69 Å². The second-order valence-corrected chi connectivity index (χ2v) is 4.66. The number of aromatic nitrogens is 2. The number of imidazole rings is 1. The molecule has 1 aromatic heterocycles. The lowest BCUT2D eigenvalue weighted by Gasteiger charge is -2.10. The monoisotopic (exact) mass is 265 g/mol. The smallest absolute Gasteiger partial charge is 0.319 e. The van der Waals surface area contributed by atoms with Crippen molar-refractivity contribution in [1.82, 2.24) is 9.55 Å². The quantitative estimate of drug-likeness (QED) is 0.885. The third-order valence-electron chi connectivity index (χ3n) is 2.99. The van der Waals surface area contributed by atoms with E-state index in [1.165, 1.54) is 18.0 Å². The molecule has 0 spiro atoms. The highest BCUT2D eigenvalue weighted by Crippen LogP contribution is 2.18. The van der Waals surface area contributed by atoms with Crippen molar-refractivity contribution in [3.05, 3.63) is 48.0 Å². The largest absolute Gasteiger partial charge is 0.378 e. The van der Waals surface area contributed by atoms with Crippen LogP contribution >= 0.6 is 0 Å². The van der Waals surface area contributed by atoms with E-state index in [-0.39, 0.29) is 6.54 Å². The van der Waals surface area contributed by atoms with Crippen molar-refractivity contribution in [2.75, 3.05) is 5.32 Å². The van der Waals surface area contributed by atoms with Gasteiger partial charge in [-0.25, -0.2) is 4.98 Å². The highest BCUT2D eigenvalue weighted by Gasteiger charge is 2.10. The number of nitrogens with zero attached hydrogens (tertiary/aromatic N) is 2. The van der Waals surface area contributed by atoms with Crippen LogP contribution in [0.4, 0.5) is 14.5 Å². The second-order valence-electron chi connectivity index (χ2n) is 4.66. The van der Waals surface area contributed by atoms with Crippen molar-refractivity contribution in [2.45, 2.75) is 32.9 Å². The van der Waals surface area contributed by atoms with Gasteiger partial charge in [0.05, 0.1) is 6.54 Å². The summed E-state index contributed by atoms with van der Waals surface area (Å²) in [5.74, 6) is 0.801. The summed E-state index contributed by atoms with van der Waals surface area (Å²) < 4.78 is 26.1. The maximum absolute atomic E-state index is 12.6. The molecule has 2 rings (SSSR count). The predicted octanol–water partition coefficient (Wildman–Crippen LogP) is 4.01. The number of rotatable bonds is 5. The molecule has 1 aromatic carbocycles. The van der Waals surface area contributed by atoms with Gasteiger partial charge in [-0.15, -0.1) is 0 Å². The first-order valence-corrected chi connectivity index (χ1v) is 6.21. The molecule has 0 unspecified atom stereocenters. The molecule has 0 saturated heterocycles. The normalized spacial score (nSPS) is 11.3. The lowest BCUT2D eigenvalue weighted by molar-refractivity contribution is 0.0673. The number of anilines is 1. The molecule has 3 nitrogen and oxygen atoms in total.